The quantitative estimate of drug-likeness (QED) is 0.769. The number of aromatic nitrogens is 1. The first-order valence-corrected chi connectivity index (χ1v) is 6.38. The van der Waals surface area contributed by atoms with Crippen LogP contribution in [0.5, 0.6) is 0 Å². The Morgan fingerprint density at radius 3 is 3.11 bits per heavy atom. The van der Waals surface area contributed by atoms with Gasteiger partial charge >= 0.3 is 5.97 Å². The lowest BCUT2D eigenvalue weighted by atomic mass is 10.0. The molecule has 0 N–H and O–H groups in total. The molecule has 1 aliphatic heterocycles. The highest BCUT2D eigenvalue weighted by Crippen LogP contribution is 2.25. The molecule has 1 saturated heterocycles. The summed E-state index contributed by atoms with van der Waals surface area (Å²) in [6, 6.07) is 1.71. The van der Waals surface area contributed by atoms with Crippen molar-refractivity contribution >= 4 is 5.97 Å². The molecular formula is C14H19NO3. The van der Waals surface area contributed by atoms with Crippen LogP contribution in [0.2, 0.25) is 0 Å². The lowest BCUT2D eigenvalue weighted by Crippen LogP contribution is -2.31. The van der Waals surface area contributed by atoms with Crippen LogP contribution in [0.25, 0.3) is 0 Å². The molecule has 2 heterocycles. The number of ether oxygens (including phenoxy) is 2. The third-order valence-electron chi connectivity index (χ3n) is 3.31. The summed E-state index contributed by atoms with van der Waals surface area (Å²) in [6.07, 6.45) is 6.07. The molecular weight excluding hydrogens is 230 g/mol. The number of carbonyl (C=O) groups is 1. The summed E-state index contributed by atoms with van der Waals surface area (Å²) in [4.78, 5) is 16.0. The minimum absolute atomic E-state index is 0.286. The SMILES string of the molecule is CCc1cnccc1C(=O)OCC1(C)CCCO1. The molecule has 0 amide bonds. The highest BCUT2D eigenvalue weighted by atomic mass is 16.6. The van der Waals surface area contributed by atoms with Crippen LogP contribution in [0.1, 0.15) is 42.6 Å². The number of aryl methyl sites for hydroxylation is 1. The van der Waals surface area contributed by atoms with Crippen LogP contribution in [-0.2, 0) is 15.9 Å². The summed E-state index contributed by atoms with van der Waals surface area (Å²) in [7, 11) is 0. The molecule has 98 valence electrons. The summed E-state index contributed by atoms with van der Waals surface area (Å²) in [5.74, 6) is -0.286. The van der Waals surface area contributed by atoms with E-state index >= 15 is 0 Å². The van der Waals surface area contributed by atoms with Gasteiger partial charge in [0, 0.05) is 19.0 Å². The van der Waals surface area contributed by atoms with E-state index in [0.29, 0.717) is 12.2 Å². The molecule has 1 unspecified atom stereocenters. The summed E-state index contributed by atoms with van der Waals surface area (Å²) in [6.45, 7) is 5.05. The second kappa shape index (κ2) is 5.48. The Morgan fingerprint density at radius 2 is 2.44 bits per heavy atom. The molecule has 0 radical (unpaired) electrons. The van der Waals surface area contributed by atoms with Gasteiger partial charge in [0.2, 0.25) is 0 Å². The number of hydrogen-bond donors (Lipinski definition) is 0. The first-order chi connectivity index (χ1) is 8.64. The van der Waals surface area contributed by atoms with Crippen LogP contribution in [-0.4, -0.2) is 29.8 Å². The first-order valence-electron chi connectivity index (χ1n) is 6.38. The number of nitrogens with zero attached hydrogens (tertiary/aromatic N) is 1. The Labute approximate surface area is 107 Å². The molecule has 0 aliphatic carbocycles. The minimum Gasteiger partial charge on any atom is -0.459 e. The van der Waals surface area contributed by atoms with Crippen LogP contribution in [0.15, 0.2) is 18.5 Å². The first kappa shape index (κ1) is 13.0. The molecule has 1 aromatic heterocycles. The highest BCUT2D eigenvalue weighted by Gasteiger charge is 2.31. The van der Waals surface area contributed by atoms with Crippen LogP contribution >= 0.6 is 0 Å². The van der Waals surface area contributed by atoms with E-state index in [0.717, 1.165) is 31.4 Å². The minimum atomic E-state index is -0.310. The molecule has 18 heavy (non-hydrogen) atoms. The maximum absolute atomic E-state index is 12.0. The fourth-order valence-electron chi connectivity index (χ4n) is 2.15. The van der Waals surface area contributed by atoms with Gasteiger partial charge in [-0.1, -0.05) is 6.92 Å². The van der Waals surface area contributed by atoms with E-state index in [-0.39, 0.29) is 11.6 Å². The number of carbonyl (C=O) groups excluding carboxylic acids is 1. The summed E-state index contributed by atoms with van der Waals surface area (Å²) in [5.41, 5.74) is 1.21. The van der Waals surface area contributed by atoms with Gasteiger partial charge in [-0.25, -0.2) is 4.79 Å². The maximum Gasteiger partial charge on any atom is 0.338 e. The van der Waals surface area contributed by atoms with Gasteiger partial charge in [0.1, 0.15) is 6.61 Å². The molecule has 4 heteroatoms. The fraction of sp³-hybridized carbons (Fsp3) is 0.571. The highest BCUT2D eigenvalue weighted by molar-refractivity contribution is 5.90. The monoisotopic (exact) mass is 249 g/mol. The standard InChI is InChI=1S/C14H19NO3/c1-3-11-9-15-7-5-12(11)13(16)17-10-14(2)6-4-8-18-14/h5,7,9H,3-4,6,8,10H2,1-2H3. The van der Waals surface area contributed by atoms with Crippen molar-refractivity contribution in [3.8, 4) is 0 Å². The second-order valence-electron chi connectivity index (χ2n) is 4.86. The Kier molecular flexibility index (Phi) is 3.97. The predicted octanol–water partition coefficient (Wildman–Crippen LogP) is 2.37. The number of hydrogen-bond acceptors (Lipinski definition) is 4. The predicted molar refractivity (Wildman–Crippen MR) is 67.5 cm³/mol. The molecule has 0 saturated carbocycles. The fourth-order valence-corrected chi connectivity index (χ4v) is 2.15. The topological polar surface area (TPSA) is 48.4 Å². The van der Waals surface area contributed by atoms with E-state index in [1.165, 1.54) is 0 Å². The van der Waals surface area contributed by atoms with Gasteiger partial charge in [-0.3, -0.25) is 4.98 Å². The van der Waals surface area contributed by atoms with Crippen LogP contribution < -0.4 is 0 Å². The molecule has 0 aromatic carbocycles. The lowest BCUT2D eigenvalue weighted by molar-refractivity contribution is -0.0378. The largest absolute Gasteiger partial charge is 0.459 e. The van der Waals surface area contributed by atoms with E-state index in [4.69, 9.17) is 9.47 Å². The van der Waals surface area contributed by atoms with Gasteiger partial charge in [-0.2, -0.15) is 0 Å². The smallest absolute Gasteiger partial charge is 0.338 e. The van der Waals surface area contributed by atoms with Gasteiger partial charge in [0.15, 0.2) is 0 Å². The number of esters is 1. The Hall–Kier alpha value is -1.42. The van der Waals surface area contributed by atoms with Crippen LogP contribution in [0, 0.1) is 0 Å². The van der Waals surface area contributed by atoms with Crippen molar-refractivity contribution in [3.05, 3.63) is 29.6 Å². The zero-order valence-corrected chi connectivity index (χ0v) is 10.9. The maximum atomic E-state index is 12.0. The molecule has 0 bridgehead atoms. The van der Waals surface area contributed by atoms with Gasteiger partial charge in [-0.05, 0) is 37.8 Å². The van der Waals surface area contributed by atoms with Crippen molar-refractivity contribution in [2.45, 2.75) is 38.7 Å². The molecule has 1 atom stereocenters. The van der Waals surface area contributed by atoms with Crippen LogP contribution in [0.4, 0.5) is 0 Å². The van der Waals surface area contributed by atoms with E-state index in [1.807, 2.05) is 13.8 Å². The van der Waals surface area contributed by atoms with Crippen molar-refractivity contribution in [2.24, 2.45) is 0 Å². The van der Waals surface area contributed by atoms with Crippen LogP contribution in [0.3, 0.4) is 0 Å². The zero-order valence-electron chi connectivity index (χ0n) is 10.9. The van der Waals surface area contributed by atoms with Crippen molar-refractivity contribution < 1.29 is 14.3 Å². The molecule has 4 nitrogen and oxygen atoms in total. The third-order valence-corrected chi connectivity index (χ3v) is 3.31. The van der Waals surface area contributed by atoms with Gasteiger partial charge in [-0.15, -0.1) is 0 Å². The second-order valence-corrected chi connectivity index (χ2v) is 4.86. The van der Waals surface area contributed by atoms with Crippen molar-refractivity contribution in [1.29, 1.82) is 0 Å². The molecule has 1 aliphatic rings. The van der Waals surface area contributed by atoms with Crippen molar-refractivity contribution in [2.75, 3.05) is 13.2 Å². The van der Waals surface area contributed by atoms with Gasteiger partial charge in [0.05, 0.1) is 11.2 Å². The molecule has 1 fully saturated rings. The summed E-state index contributed by atoms with van der Waals surface area (Å²) < 4.78 is 11.0. The Balaban J connectivity index is 1.99. The Morgan fingerprint density at radius 1 is 1.61 bits per heavy atom. The normalized spacial score (nSPS) is 23.0. The van der Waals surface area contributed by atoms with E-state index < -0.39 is 0 Å². The average Bonchev–Trinajstić information content (AvgIpc) is 2.83. The van der Waals surface area contributed by atoms with Crippen molar-refractivity contribution in [3.63, 3.8) is 0 Å². The van der Waals surface area contributed by atoms with Gasteiger partial charge in [0.25, 0.3) is 0 Å². The Bertz CT molecular complexity index is 425. The average molecular weight is 249 g/mol. The molecule has 2 rings (SSSR count). The number of pyridine rings is 1. The third kappa shape index (κ3) is 2.88. The summed E-state index contributed by atoms with van der Waals surface area (Å²) in [5, 5.41) is 0. The number of rotatable bonds is 4. The van der Waals surface area contributed by atoms with Gasteiger partial charge < -0.3 is 9.47 Å². The van der Waals surface area contributed by atoms with Crippen molar-refractivity contribution in [1.82, 2.24) is 4.98 Å². The lowest BCUT2D eigenvalue weighted by Gasteiger charge is -2.22. The molecule has 0 spiro atoms. The summed E-state index contributed by atoms with van der Waals surface area (Å²) >= 11 is 0. The zero-order chi connectivity index (χ0) is 13.0. The van der Waals surface area contributed by atoms with E-state index in [1.54, 1.807) is 18.5 Å². The van der Waals surface area contributed by atoms with E-state index in [2.05, 4.69) is 4.98 Å². The molecule has 1 aromatic rings. The van der Waals surface area contributed by atoms with E-state index in [9.17, 15) is 4.79 Å².